The molecule has 0 aliphatic heterocycles. The van der Waals surface area contributed by atoms with Crippen molar-refractivity contribution in [3.05, 3.63) is 64.7 Å². The topological polar surface area (TPSA) is 9.23 Å². The molecule has 0 amide bonds. The molecule has 1 nitrogen and oxygen atoms in total. The molecule has 0 heterocycles. The van der Waals surface area contributed by atoms with Crippen molar-refractivity contribution in [1.82, 2.24) is 0 Å². The molecule has 0 saturated heterocycles. The van der Waals surface area contributed by atoms with E-state index in [9.17, 15) is 0 Å². The Morgan fingerprint density at radius 2 is 1.67 bits per heavy atom. The summed E-state index contributed by atoms with van der Waals surface area (Å²) in [5.41, 5.74) is 4.78. The van der Waals surface area contributed by atoms with E-state index in [0.29, 0.717) is 12.5 Å². The second kappa shape index (κ2) is 6.53. The van der Waals surface area contributed by atoms with Gasteiger partial charge in [0.1, 0.15) is 12.4 Å². The molecule has 0 atom stereocenters. The molecule has 21 heavy (non-hydrogen) atoms. The molecule has 2 aromatic rings. The van der Waals surface area contributed by atoms with Crippen LogP contribution in [0.2, 0.25) is 0 Å². The van der Waals surface area contributed by atoms with Gasteiger partial charge in [-0.15, -0.1) is 11.6 Å². The van der Waals surface area contributed by atoms with Gasteiger partial charge in [0.2, 0.25) is 0 Å². The molecular formula is C19H23ClO. The third-order valence-electron chi connectivity index (χ3n) is 3.59. The minimum Gasteiger partial charge on any atom is -0.489 e. The fourth-order valence-electron chi connectivity index (χ4n) is 2.35. The van der Waals surface area contributed by atoms with Crippen LogP contribution >= 0.6 is 11.6 Å². The van der Waals surface area contributed by atoms with Crippen molar-refractivity contribution in [3.8, 4) is 5.75 Å². The summed E-state index contributed by atoms with van der Waals surface area (Å²) in [5.74, 6) is 1.48. The summed E-state index contributed by atoms with van der Waals surface area (Å²) in [6, 6.07) is 14.6. The Kier molecular flexibility index (Phi) is 4.95. The zero-order valence-corrected chi connectivity index (χ0v) is 14.0. The van der Waals surface area contributed by atoms with Gasteiger partial charge >= 0.3 is 0 Å². The van der Waals surface area contributed by atoms with E-state index in [4.69, 9.17) is 16.3 Å². The number of hydrogen-bond donors (Lipinski definition) is 0. The number of rotatable bonds is 4. The van der Waals surface area contributed by atoms with Crippen LogP contribution in [0.4, 0.5) is 0 Å². The lowest BCUT2D eigenvalue weighted by molar-refractivity contribution is 0.296. The van der Waals surface area contributed by atoms with Crippen LogP contribution in [0, 0.1) is 6.92 Å². The molecule has 0 aliphatic carbocycles. The van der Waals surface area contributed by atoms with Gasteiger partial charge in [-0.25, -0.2) is 0 Å². The highest BCUT2D eigenvalue weighted by atomic mass is 35.5. The number of halogens is 1. The number of ether oxygens (including phenoxy) is 1. The van der Waals surface area contributed by atoms with Gasteiger partial charge in [0.15, 0.2) is 0 Å². The Balaban J connectivity index is 2.25. The van der Waals surface area contributed by atoms with Crippen molar-refractivity contribution in [2.45, 2.75) is 45.6 Å². The number of benzene rings is 2. The molecule has 0 unspecified atom stereocenters. The highest BCUT2D eigenvalue weighted by Crippen LogP contribution is 2.32. The van der Waals surface area contributed by atoms with Crippen molar-refractivity contribution in [1.29, 1.82) is 0 Å². The van der Waals surface area contributed by atoms with Crippen LogP contribution in [0.1, 0.15) is 43.0 Å². The van der Waals surface area contributed by atoms with E-state index in [1.807, 2.05) is 18.2 Å². The van der Waals surface area contributed by atoms with Crippen molar-refractivity contribution >= 4 is 11.6 Å². The lowest BCUT2D eigenvalue weighted by atomic mass is 9.86. The van der Waals surface area contributed by atoms with E-state index in [0.717, 1.165) is 16.9 Å². The third kappa shape index (κ3) is 4.01. The summed E-state index contributed by atoms with van der Waals surface area (Å²) in [4.78, 5) is 0. The summed E-state index contributed by atoms with van der Waals surface area (Å²) < 4.78 is 6.11. The maximum atomic E-state index is 6.11. The third-order valence-corrected chi connectivity index (χ3v) is 3.88. The van der Waals surface area contributed by atoms with Crippen molar-refractivity contribution in [3.63, 3.8) is 0 Å². The molecule has 2 heteroatoms. The first-order valence-electron chi connectivity index (χ1n) is 7.28. The quantitative estimate of drug-likeness (QED) is 0.667. The second-order valence-electron chi connectivity index (χ2n) is 6.44. The van der Waals surface area contributed by atoms with Crippen LogP contribution in [-0.4, -0.2) is 0 Å². The van der Waals surface area contributed by atoms with E-state index in [1.54, 1.807) is 0 Å². The molecule has 0 aromatic heterocycles. The van der Waals surface area contributed by atoms with Gasteiger partial charge in [0.05, 0.1) is 0 Å². The molecule has 0 aliphatic rings. The number of alkyl halides is 1. The van der Waals surface area contributed by atoms with Gasteiger partial charge in [-0.3, -0.25) is 0 Å². The van der Waals surface area contributed by atoms with E-state index in [1.165, 1.54) is 11.1 Å². The number of hydrogen-bond acceptors (Lipinski definition) is 1. The molecule has 0 bridgehead atoms. The molecule has 0 spiro atoms. The maximum absolute atomic E-state index is 6.11. The Hall–Kier alpha value is -1.47. The molecule has 2 aromatic carbocycles. The summed E-state index contributed by atoms with van der Waals surface area (Å²) in [5, 5.41) is 0. The van der Waals surface area contributed by atoms with Crippen molar-refractivity contribution in [2.24, 2.45) is 0 Å². The minimum absolute atomic E-state index is 0.0645. The van der Waals surface area contributed by atoms with Gasteiger partial charge in [0.25, 0.3) is 0 Å². The molecule has 2 rings (SSSR count). The van der Waals surface area contributed by atoms with Crippen molar-refractivity contribution in [2.75, 3.05) is 0 Å². The predicted molar refractivity (Wildman–Crippen MR) is 90.2 cm³/mol. The summed E-state index contributed by atoms with van der Waals surface area (Å²) in [6.45, 7) is 9.26. The molecule has 0 fully saturated rings. The average molecular weight is 303 g/mol. The van der Waals surface area contributed by atoms with Crippen molar-refractivity contribution < 1.29 is 4.74 Å². The van der Waals surface area contributed by atoms with E-state index in [-0.39, 0.29) is 5.41 Å². The first kappa shape index (κ1) is 15.9. The van der Waals surface area contributed by atoms with Gasteiger partial charge in [-0.1, -0.05) is 57.2 Å². The normalized spacial score (nSPS) is 11.5. The molecule has 0 saturated carbocycles. The van der Waals surface area contributed by atoms with Crippen LogP contribution in [0.15, 0.2) is 42.5 Å². The average Bonchev–Trinajstić information content (AvgIpc) is 2.44. The van der Waals surface area contributed by atoms with Gasteiger partial charge in [-0.2, -0.15) is 0 Å². The van der Waals surface area contributed by atoms with Gasteiger partial charge in [0, 0.05) is 5.88 Å². The summed E-state index contributed by atoms with van der Waals surface area (Å²) in [6.07, 6.45) is 0. The lowest BCUT2D eigenvalue weighted by Gasteiger charge is -2.23. The maximum Gasteiger partial charge on any atom is 0.123 e. The van der Waals surface area contributed by atoms with Crippen LogP contribution < -0.4 is 4.74 Å². The molecule has 0 radical (unpaired) electrons. The van der Waals surface area contributed by atoms with E-state index in [2.05, 4.69) is 52.0 Å². The zero-order chi connectivity index (χ0) is 15.5. The fourth-order valence-corrected chi connectivity index (χ4v) is 2.61. The zero-order valence-electron chi connectivity index (χ0n) is 13.2. The Morgan fingerprint density at radius 1 is 1.00 bits per heavy atom. The predicted octanol–water partition coefficient (Wildman–Crippen LogP) is 5.61. The van der Waals surface area contributed by atoms with Crippen LogP contribution in [0.25, 0.3) is 0 Å². The highest BCUT2D eigenvalue weighted by Gasteiger charge is 2.19. The second-order valence-corrected chi connectivity index (χ2v) is 6.71. The first-order chi connectivity index (χ1) is 9.91. The monoisotopic (exact) mass is 302 g/mol. The fraction of sp³-hybridized carbons (Fsp3) is 0.368. The van der Waals surface area contributed by atoms with Gasteiger partial charge in [-0.05, 0) is 40.7 Å². The van der Waals surface area contributed by atoms with E-state index < -0.39 is 0 Å². The Bertz CT molecular complexity index is 611. The summed E-state index contributed by atoms with van der Waals surface area (Å²) in [7, 11) is 0. The Morgan fingerprint density at radius 3 is 2.29 bits per heavy atom. The SMILES string of the molecule is Cc1ccc(C(C)(C)C)c(OCc2ccccc2CCl)c1. The van der Waals surface area contributed by atoms with E-state index >= 15 is 0 Å². The van der Waals surface area contributed by atoms with Crippen LogP contribution in [0.5, 0.6) is 5.75 Å². The first-order valence-corrected chi connectivity index (χ1v) is 7.82. The summed E-state index contributed by atoms with van der Waals surface area (Å²) >= 11 is 5.99. The lowest BCUT2D eigenvalue weighted by Crippen LogP contribution is -2.13. The van der Waals surface area contributed by atoms with Gasteiger partial charge < -0.3 is 4.74 Å². The van der Waals surface area contributed by atoms with Crippen LogP contribution in [-0.2, 0) is 17.9 Å². The minimum atomic E-state index is 0.0645. The largest absolute Gasteiger partial charge is 0.489 e. The number of aryl methyl sites for hydroxylation is 1. The molecule has 112 valence electrons. The van der Waals surface area contributed by atoms with Crippen LogP contribution in [0.3, 0.4) is 0 Å². The standard InChI is InChI=1S/C19H23ClO/c1-14-9-10-17(19(2,3)4)18(11-14)21-13-16-8-6-5-7-15(16)12-20/h5-11H,12-13H2,1-4H3. The highest BCUT2D eigenvalue weighted by molar-refractivity contribution is 6.17. The molecular weight excluding hydrogens is 280 g/mol. The smallest absolute Gasteiger partial charge is 0.123 e. The Labute approximate surface area is 132 Å². The molecule has 0 N–H and O–H groups in total.